The molecule has 0 amide bonds. The molecule has 5 heteroatoms. The molecule has 3 aromatic rings. The average Bonchev–Trinajstić information content (AvgIpc) is 2.60. The lowest BCUT2D eigenvalue weighted by atomic mass is 10.1. The molecule has 0 unspecified atom stereocenters. The predicted molar refractivity (Wildman–Crippen MR) is 98.8 cm³/mol. The molecule has 1 aromatic heterocycles. The van der Waals surface area contributed by atoms with Gasteiger partial charge in [-0.05, 0) is 37.9 Å². The second-order valence-electron chi connectivity index (χ2n) is 6.36. The van der Waals surface area contributed by atoms with Crippen molar-refractivity contribution in [3.63, 3.8) is 0 Å². The zero-order valence-electron chi connectivity index (χ0n) is 14.5. The molecule has 0 bridgehead atoms. The molecule has 0 spiro atoms. The topological polar surface area (TPSA) is 48.4 Å². The maximum absolute atomic E-state index is 14.2. The molecule has 130 valence electrons. The molecule has 0 fully saturated rings. The Morgan fingerprint density at radius 1 is 1.08 bits per heavy atom. The van der Waals surface area contributed by atoms with E-state index in [1.165, 1.54) is 0 Å². The van der Waals surface area contributed by atoms with E-state index in [2.05, 4.69) is 10.3 Å². The molecule has 0 saturated carbocycles. The first-order chi connectivity index (χ1) is 12.1. The maximum Gasteiger partial charge on any atom is 0.132 e. The third kappa shape index (κ3) is 4.13. The summed E-state index contributed by atoms with van der Waals surface area (Å²) >= 11 is 0. The monoisotopic (exact) mass is 339 g/mol. The molecule has 0 aliphatic carbocycles. The second-order valence-corrected chi connectivity index (χ2v) is 6.36. The van der Waals surface area contributed by atoms with Gasteiger partial charge in [-0.3, -0.25) is 0 Å². The number of aromatic nitrogens is 1. The minimum atomic E-state index is -0.207. The molecular weight excluding hydrogens is 317 g/mol. The normalized spacial score (nSPS) is 11.2. The Hall–Kier alpha value is -2.50. The van der Waals surface area contributed by atoms with Crippen LogP contribution in [0.25, 0.3) is 10.9 Å². The Kier molecular flexibility index (Phi) is 5.26. The molecule has 0 aliphatic rings. The van der Waals surface area contributed by atoms with Gasteiger partial charge in [0.25, 0.3) is 0 Å². The summed E-state index contributed by atoms with van der Waals surface area (Å²) in [5.74, 6) is 0.417. The van der Waals surface area contributed by atoms with Crippen molar-refractivity contribution in [3.05, 3.63) is 71.0 Å². The standard InChI is InChI=1S/C20H22FN3O/c1-24(2)12-16-8-7-14(9-18(16)21)11-22-20-17(13-25)10-15-5-3-4-6-19(15)23-20/h3-10,25H,11-13H2,1-2H3,(H,22,23). The van der Waals surface area contributed by atoms with Gasteiger partial charge in [-0.1, -0.05) is 30.3 Å². The van der Waals surface area contributed by atoms with E-state index in [-0.39, 0.29) is 12.4 Å². The van der Waals surface area contributed by atoms with Crippen LogP contribution in [0.1, 0.15) is 16.7 Å². The minimum Gasteiger partial charge on any atom is -0.392 e. The summed E-state index contributed by atoms with van der Waals surface area (Å²) in [5, 5.41) is 13.8. The molecule has 1 heterocycles. The molecule has 4 nitrogen and oxygen atoms in total. The first kappa shape index (κ1) is 17.3. The maximum atomic E-state index is 14.2. The van der Waals surface area contributed by atoms with Crippen molar-refractivity contribution in [2.24, 2.45) is 0 Å². The smallest absolute Gasteiger partial charge is 0.132 e. The molecule has 2 N–H and O–H groups in total. The first-order valence-corrected chi connectivity index (χ1v) is 8.22. The molecule has 3 rings (SSSR count). The Bertz CT molecular complexity index is 880. The van der Waals surface area contributed by atoms with Gasteiger partial charge in [-0.2, -0.15) is 0 Å². The van der Waals surface area contributed by atoms with Crippen LogP contribution >= 0.6 is 0 Å². The van der Waals surface area contributed by atoms with E-state index in [4.69, 9.17) is 0 Å². The summed E-state index contributed by atoms with van der Waals surface area (Å²) in [6.07, 6.45) is 0. The van der Waals surface area contributed by atoms with Gasteiger partial charge < -0.3 is 15.3 Å². The average molecular weight is 339 g/mol. The van der Waals surface area contributed by atoms with Crippen LogP contribution in [0.15, 0.2) is 48.5 Å². The number of aliphatic hydroxyl groups excluding tert-OH is 1. The van der Waals surface area contributed by atoms with Crippen molar-refractivity contribution >= 4 is 16.7 Å². The van der Waals surface area contributed by atoms with Gasteiger partial charge in [0.15, 0.2) is 0 Å². The molecule has 0 saturated heterocycles. The molecular formula is C20H22FN3O. The fourth-order valence-corrected chi connectivity index (χ4v) is 2.79. The number of para-hydroxylation sites is 1. The Labute approximate surface area is 146 Å². The number of rotatable bonds is 6. The Morgan fingerprint density at radius 2 is 1.88 bits per heavy atom. The van der Waals surface area contributed by atoms with E-state index in [9.17, 15) is 9.50 Å². The van der Waals surface area contributed by atoms with Crippen LogP contribution in [0.4, 0.5) is 10.2 Å². The summed E-state index contributed by atoms with van der Waals surface area (Å²) < 4.78 is 14.2. The lowest BCUT2D eigenvalue weighted by molar-refractivity contribution is 0.282. The van der Waals surface area contributed by atoms with Crippen molar-refractivity contribution < 1.29 is 9.50 Å². The largest absolute Gasteiger partial charge is 0.392 e. The SMILES string of the molecule is CN(C)Cc1ccc(CNc2nc3ccccc3cc2CO)cc1F. The minimum absolute atomic E-state index is 0.101. The predicted octanol–water partition coefficient (Wildman–Crippen LogP) is 3.54. The highest BCUT2D eigenvalue weighted by Gasteiger charge is 2.08. The number of nitrogens with zero attached hydrogens (tertiary/aromatic N) is 2. The lowest BCUT2D eigenvalue weighted by Gasteiger charge is -2.13. The highest BCUT2D eigenvalue weighted by atomic mass is 19.1. The number of fused-ring (bicyclic) bond motifs is 1. The van der Waals surface area contributed by atoms with Gasteiger partial charge in [0, 0.05) is 29.6 Å². The quantitative estimate of drug-likeness (QED) is 0.721. The zero-order valence-corrected chi connectivity index (χ0v) is 14.5. The van der Waals surface area contributed by atoms with Crippen molar-refractivity contribution in [2.75, 3.05) is 19.4 Å². The van der Waals surface area contributed by atoms with Crippen LogP contribution in [0.3, 0.4) is 0 Å². The van der Waals surface area contributed by atoms with Crippen LogP contribution in [-0.2, 0) is 19.7 Å². The number of hydrogen-bond donors (Lipinski definition) is 2. The summed E-state index contributed by atoms with van der Waals surface area (Å²) in [4.78, 5) is 6.50. The summed E-state index contributed by atoms with van der Waals surface area (Å²) in [6.45, 7) is 0.911. The van der Waals surface area contributed by atoms with E-state index in [0.29, 0.717) is 24.5 Å². The second kappa shape index (κ2) is 7.59. The van der Waals surface area contributed by atoms with E-state index in [0.717, 1.165) is 22.0 Å². The van der Waals surface area contributed by atoms with Gasteiger partial charge in [0.2, 0.25) is 0 Å². The van der Waals surface area contributed by atoms with Crippen LogP contribution in [0.2, 0.25) is 0 Å². The van der Waals surface area contributed by atoms with Crippen LogP contribution < -0.4 is 5.32 Å². The Morgan fingerprint density at radius 3 is 2.60 bits per heavy atom. The van der Waals surface area contributed by atoms with Crippen molar-refractivity contribution in [3.8, 4) is 0 Å². The van der Waals surface area contributed by atoms with Crippen LogP contribution in [0, 0.1) is 5.82 Å². The summed E-state index contributed by atoms with van der Waals surface area (Å²) in [6, 6.07) is 15.0. The van der Waals surface area contributed by atoms with Gasteiger partial charge in [-0.15, -0.1) is 0 Å². The van der Waals surface area contributed by atoms with Gasteiger partial charge in [0.1, 0.15) is 11.6 Å². The van der Waals surface area contributed by atoms with E-state index in [1.54, 1.807) is 6.07 Å². The van der Waals surface area contributed by atoms with E-state index >= 15 is 0 Å². The van der Waals surface area contributed by atoms with Crippen molar-refractivity contribution in [1.82, 2.24) is 9.88 Å². The number of pyridine rings is 1. The van der Waals surface area contributed by atoms with Gasteiger partial charge >= 0.3 is 0 Å². The third-order valence-electron chi connectivity index (χ3n) is 4.04. The molecule has 0 radical (unpaired) electrons. The number of aliphatic hydroxyl groups is 1. The molecule has 2 aromatic carbocycles. The molecule has 25 heavy (non-hydrogen) atoms. The van der Waals surface area contributed by atoms with Crippen LogP contribution in [0.5, 0.6) is 0 Å². The fraction of sp³-hybridized carbons (Fsp3) is 0.250. The van der Waals surface area contributed by atoms with Gasteiger partial charge in [-0.25, -0.2) is 9.37 Å². The first-order valence-electron chi connectivity index (χ1n) is 8.22. The number of nitrogens with one attached hydrogen (secondary N) is 1. The van der Waals surface area contributed by atoms with E-state index in [1.807, 2.05) is 61.5 Å². The number of hydrogen-bond acceptors (Lipinski definition) is 4. The summed E-state index contributed by atoms with van der Waals surface area (Å²) in [5.41, 5.74) is 3.09. The highest BCUT2D eigenvalue weighted by molar-refractivity contribution is 5.81. The molecule has 0 atom stereocenters. The Balaban J connectivity index is 1.79. The summed E-state index contributed by atoms with van der Waals surface area (Å²) in [7, 11) is 3.83. The third-order valence-corrected chi connectivity index (χ3v) is 4.04. The number of benzene rings is 2. The zero-order chi connectivity index (χ0) is 17.8. The van der Waals surface area contributed by atoms with Crippen molar-refractivity contribution in [1.29, 1.82) is 0 Å². The highest BCUT2D eigenvalue weighted by Crippen LogP contribution is 2.21. The molecule has 0 aliphatic heterocycles. The number of halogens is 1. The lowest BCUT2D eigenvalue weighted by Crippen LogP contribution is -2.12. The van der Waals surface area contributed by atoms with Gasteiger partial charge in [0.05, 0.1) is 12.1 Å². The van der Waals surface area contributed by atoms with Crippen molar-refractivity contribution in [2.45, 2.75) is 19.7 Å². The van der Waals surface area contributed by atoms with E-state index < -0.39 is 0 Å². The van der Waals surface area contributed by atoms with Crippen LogP contribution in [-0.4, -0.2) is 29.1 Å². The number of anilines is 1. The fourth-order valence-electron chi connectivity index (χ4n) is 2.79.